The van der Waals surface area contributed by atoms with Gasteiger partial charge in [0, 0.05) is 14.1 Å². The van der Waals surface area contributed by atoms with Crippen LogP contribution in [0.5, 0.6) is 0 Å². The Balaban J connectivity index is 2.45. The van der Waals surface area contributed by atoms with Gasteiger partial charge >= 0.3 is 11.9 Å². The summed E-state index contributed by atoms with van der Waals surface area (Å²) in [6.45, 7) is 1.83. The second kappa shape index (κ2) is 4.56. The molecule has 0 aromatic heterocycles. The molecule has 1 heterocycles. The molecule has 1 aliphatic carbocycles. The number of nitrogens with zero attached hydrogens (tertiary/aromatic N) is 2. The molecule has 2 rings (SSSR count). The molecule has 1 aliphatic heterocycles. The number of hydrogen-bond acceptors (Lipinski definition) is 7. The van der Waals surface area contributed by atoms with Gasteiger partial charge in [0.25, 0.3) is 0 Å². The van der Waals surface area contributed by atoms with E-state index in [0.29, 0.717) is 11.1 Å². The molecule has 0 saturated carbocycles. The van der Waals surface area contributed by atoms with Crippen molar-refractivity contribution >= 4 is 28.9 Å². The van der Waals surface area contributed by atoms with E-state index in [0.717, 1.165) is 5.17 Å². The number of carbonyl (C=O) groups is 2. The number of amidine groups is 1. The fourth-order valence-electron chi connectivity index (χ4n) is 2.30. The van der Waals surface area contributed by atoms with Gasteiger partial charge < -0.3 is 14.4 Å². The highest BCUT2D eigenvalue weighted by molar-refractivity contribution is 8.15. The van der Waals surface area contributed by atoms with Crippen molar-refractivity contribution in [3.8, 4) is 0 Å². The van der Waals surface area contributed by atoms with E-state index in [1.807, 2.05) is 25.9 Å². The lowest BCUT2D eigenvalue weighted by molar-refractivity contribution is -0.141. The molecule has 0 N–H and O–H groups in total. The lowest BCUT2D eigenvalue weighted by Gasteiger charge is -2.40. The van der Waals surface area contributed by atoms with Crippen LogP contribution in [-0.2, 0) is 19.1 Å². The van der Waals surface area contributed by atoms with E-state index in [-0.39, 0.29) is 5.25 Å². The number of hydrogen-bond donors (Lipinski definition) is 0. The highest BCUT2D eigenvalue weighted by Crippen LogP contribution is 2.54. The molecule has 0 bridgehead atoms. The molecule has 104 valence electrons. The van der Waals surface area contributed by atoms with E-state index < -0.39 is 17.5 Å². The number of aliphatic imine (C=N–C) groups is 1. The number of thioether (sulfide) groups is 1. The maximum absolute atomic E-state index is 11.9. The Hall–Kier alpha value is -1.50. The predicted molar refractivity (Wildman–Crippen MR) is 72.0 cm³/mol. The fourth-order valence-corrected chi connectivity index (χ4v) is 3.70. The number of rotatable bonds is 2. The highest BCUT2D eigenvalue weighted by atomic mass is 32.2. The molecule has 19 heavy (non-hydrogen) atoms. The first-order chi connectivity index (χ1) is 8.86. The normalized spacial score (nSPS) is 28.3. The second-order valence-electron chi connectivity index (χ2n) is 4.71. The van der Waals surface area contributed by atoms with E-state index in [1.165, 1.54) is 26.0 Å². The van der Waals surface area contributed by atoms with E-state index in [4.69, 9.17) is 9.47 Å². The summed E-state index contributed by atoms with van der Waals surface area (Å²) in [6, 6.07) is 0. The number of ether oxygens (including phenoxy) is 2. The molecule has 0 aromatic rings. The molecule has 2 atom stereocenters. The molecule has 0 spiro atoms. The molecule has 6 nitrogen and oxygen atoms in total. The van der Waals surface area contributed by atoms with E-state index in [9.17, 15) is 9.59 Å². The van der Waals surface area contributed by atoms with Gasteiger partial charge in [0.2, 0.25) is 0 Å². The summed E-state index contributed by atoms with van der Waals surface area (Å²) >= 11 is 1.46. The monoisotopic (exact) mass is 284 g/mol. The van der Waals surface area contributed by atoms with Gasteiger partial charge in [0.05, 0.1) is 30.6 Å². The van der Waals surface area contributed by atoms with Gasteiger partial charge in [0.1, 0.15) is 5.54 Å². The van der Waals surface area contributed by atoms with Gasteiger partial charge in [-0.15, -0.1) is 0 Å². The minimum absolute atomic E-state index is 0.188. The van der Waals surface area contributed by atoms with Crippen molar-refractivity contribution in [2.24, 2.45) is 4.99 Å². The Morgan fingerprint density at radius 2 is 1.84 bits per heavy atom. The molecule has 0 amide bonds. The molecule has 0 aromatic carbocycles. The van der Waals surface area contributed by atoms with Crippen LogP contribution < -0.4 is 0 Å². The van der Waals surface area contributed by atoms with Gasteiger partial charge in [-0.2, -0.15) is 0 Å². The van der Waals surface area contributed by atoms with Crippen LogP contribution in [0.1, 0.15) is 6.92 Å². The van der Waals surface area contributed by atoms with Gasteiger partial charge in [0.15, 0.2) is 5.17 Å². The van der Waals surface area contributed by atoms with Crippen molar-refractivity contribution in [3.05, 3.63) is 11.1 Å². The fraction of sp³-hybridized carbons (Fsp3) is 0.583. The van der Waals surface area contributed by atoms with Crippen LogP contribution in [-0.4, -0.2) is 61.1 Å². The second-order valence-corrected chi connectivity index (χ2v) is 5.78. The molecule has 7 heteroatoms. The van der Waals surface area contributed by atoms with Gasteiger partial charge in [-0.1, -0.05) is 11.8 Å². The summed E-state index contributed by atoms with van der Waals surface area (Å²) in [6.07, 6.45) is 0. The van der Waals surface area contributed by atoms with Crippen LogP contribution in [0.15, 0.2) is 16.1 Å². The maximum Gasteiger partial charge on any atom is 0.336 e. The minimum atomic E-state index is -0.707. The van der Waals surface area contributed by atoms with Crippen molar-refractivity contribution in [1.82, 2.24) is 4.90 Å². The lowest BCUT2D eigenvalue weighted by Crippen LogP contribution is -2.52. The Labute approximate surface area is 115 Å². The highest BCUT2D eigenvalue weighted by Gasteiger charge is 2.61. The number of fused-ring (bicyclic) bond motifs is 1. The smallest absolute Gasteiger partial charge is 0.336 e. The van der Waals surface area contributed by atoms with Crippen molar-refractivity contribution in [2.75, 3.05) is 28.3 Å². The first-order valence-corrected chi connectivity index (χ1v) is 6.60. The summed E-state index contributed by atoms with van der Waals surface area (Å²) in [5.74, 6) is -1.02. The molecule has 0 fully saturated rings. The van der Waals surface area contributed by atoms with E-state index >= 15 is 0 Å². The third-order valence-corrected chi connectivity index (χ3v) is 4.87. The summed E-state index contributed by atoms with van der Waals surface area (Å²) in [4.78, 5) is 30.1. The molecule has 0 radical (unpaired) electrons. The first kappa shape index (κ1) is 13.9. The number of carbonyl (C=O) groups excluding carboxylic acids is 2. The molecular formula is C12H16N2O4S. The standard InChI is InChI=1S/C12H16N2O4S/c1-12-7(10(16)18-5)6(9(15)17-4)8(12)19-11(13-12)14(2)3/h8H,1-5H3/t8-,12+/m0/s1. The van der Waals surface area contributed by atoms with Gasteiger partial charge in [-0.3, -0.25) is 0 Å². The van der Waals surface area contributed by atoms with E-state index in [2.05, 4.69) is 4.99 Å². The maximum atomic E-state index is 11.9. The zero-order valence-electron chi connectivity index (χ0n) is 11.5. The van der Waals surface area contributed by atoms with Crippen LogP contribution in [0.3, 0.4) is 0 Å². The number of methoxy groups -OCH3 is 2. The van der Waals surface area contributed by atoms with E-state index in [1.54, 1.807) is 0 Å². The Kier molecular flexibility index (Phi) is 3.34. The van der Waals surface area contributed by atoms with Crippen LogP contribution in [0.25, 0.3) is 0 Å². The topological polar surface area (TPSA) is 68.2 Å². The quantitative estimate of drug-likeness (QED) is 0.685. The first-order valence-electron chi connectivity index (χ1n) is 5.72. The van der Waals surface area contributed by atoms with Crippen molar-refractivity contribution < 1.29 is 19.1 Å². The predicted octanol–water partition coefficient (Wildman–Crippen LogP) is 0.434. The average Bonchev–Trinajstić information content (AvgIpc) is 2.65. The van der Waals surface area contributed by atoms with Crippen molar-refractivity contribution in [1.29, 1.82) is 0 Å². The summed E-state index contributed by atoms with van der Waals surface area (Å²) in [5.41, 5.74) is -0.0420. The summed E-state index contributed by atoms with van der Waals surface area (Å²) in [5, 5.41) is 0.597. The average molecular weight is 284 g/mol. The molecule has 0 unspecified atom stereocenters. The third kappa shape index (κ3) is 1.83. The SMILES string of the molecule is COC(=O)C1=C(C(=O)OC)[C@@]2(C)N=C(N(C)C)S[C@@H]12. The van der Waals surface area contributed by atoms with Crippen molar-refractivity contribution in [2.45, 2.75) is 17.7 Å². The van der Waals surface area contributed by atoms with Crippen molar-refractivity contribution in [3.63, 3.8) is 0 Å². The zero-order valence-corrected chi connectivity index (χ0v) is 12.3. The molecule has 2 aliphatic rings. The van der Waals surface area contributed by atoms with Crippen LogP contribution in [0.2, 0.25) is 0 Å². The van der Waals surface area contributed by atoms with Crippen LogP contribution >= 0.6 is 11.8 Å². The Bertz CT molecular complexity index is 512. The Morgan fingerprint density at radius 1 is 1.26 bits per heavy atom. The molecule has 0 saturated heterocycles. The van der Waals surface area contributed by atoms with Crippen LogP contribution in [0.4, 0.5) is 0 Å². The van der Waals surface area contributed by atoms with Gasteiger partial charge in [-0.05, 0) is 6.92 Å². The summed E-state index contributed by atoms with van der Waals surface area (Å²) < 4.78 is 9.50. The van der Waals surface area contributed by atoms with Crippen LogP contribution in [0, 0.1) is 0 Å². The molecular weight excluding hydrogens is 268 g/mol. The largest absolute Gasteiger partial charge is 0.466 e. The zero-order chi connectivity index (χ0) is 14.4. The van der Waals surface area contributed by atoms with Gasteiger partial charge in [-0.25, -0.2) is 14.6 Å². The summed E-state index contributed by atoms with van der Waals surface area (Å²) in [7, 11) is 6.33. The minimum Gasteiger partial charge on any atom is -0.466 e. The Morgan fingerprint density at radius 3 is 2.32 bits per heavy atom. The lowest BCUT2D eigenvalue weighted by atomic mass is 9.71. The number of esters is 2. The third-order valence-electron chi connectivity index (χ3n) is 3.28.